The van der Waals surface area contributed by atoms with Gasteiger partial charge in [-0.05, 0) is 6.32 Å². The molecule has 0 heterocycles. The Morgan fingerprint density at radius 2 is 2.50 bits per heavy atom. The molecule has 1 nitrogen and oxygen atoms in total. The predicted molar refractivity (Wildman–Crippen MR) is 31.7 cm³/mol. The molecular weight excluding hydrogens is 93.8 g/mol. The van der Waals surface area contributed by atoms with Crippen LogP contribution < -0.4 is 0 Å². The van der Waals surface area contributed by atoms with Crippen LogP contribution in [0.3, 0.4) is 0 Å². The molecule has 3 heteroatoms. The normalized spacial score (nSPS) is 12.0. The van der Waals surface area contributed by atoms with E-state index in [-0.39, 0.29) is 0 Å². The summed E-state index contributed by atoms with van der Waals surface area (Å²) in [6, 6.07) is 0. The molecule has 0 aromatic carbocycles. The van der Waals surface area contributed by atoms with Gasteiger partial charge in [-0.1, -0.05) is 0 Å². The molecule has 0 saturated carbocycles. The first kappa shape index (κ1) is 6.19. The van der Waals surface area contributed by atoms with Crippen molar-refractivity contribution >= 4 is 21.4 Å². The third-order valence-corrected chi connectivity index (χ3v) is 1.11. The highest BCUT2D eigenvalue weighted by molar-refractivity contribution is 7.50. The van der Waals surface area contributed by atoms with Crippen molar-refractivity contribution in [2.45, 2.75) is 6.32 Å². The molecule has 0 fully saturated rings. The van der Waals surface area contributed by atoms with Crippen LogP contribution in [-0.4, -0.2) is 25.2 Å². The Balaban J connectivity index is 3.14. The quantitative estimate of drug-likeness (QED) is 0.374. The van der Waals surface area contributed by atoms with Gasteiger partial charge in [0, 0.05) is 0 Å². The minimum Gasteiger partial charge on any atom is -0.194 e. The fraction of sp³-hybridized carbons (Fsp3) is 0.667. The van der Waals surface area contributed by atoms with E-state index < -0.39 is 7.77 Å². The second-order valence-corrected chi connectivity index (χ2v) is 2.50. The van der Waals surface area contributed by atoms with E-state index in [9.17, 15) is 0 Å². The lowest BCUT2D eigenvalue weighted by Crippen LogP contribution is -1.65. The fourth-order valence-electron chi connectivity index (χ4n) is 0.153. The Morgan fingerprint density at radius 1 is 2.00 bits per heavy atom. The van der Waals surface area contributed by atoms with Crippen LogP contribution in [0.25, 0.3) is 0 Å². The molecule has 0 saturated heterocycles. The zero-order chi connectivity index (χ0) is 4.99. The molecule has 2 radical (unpaired) electrons. The van der Waals surface area contributed by atoms with Gasteiger partial charge in [0.2, 0.25) is 7.77 Å². The van der Waals surface area contributed by atoms with Crippen LogP contribution in [0.5, 0.6) is 0 Å². The summed E-state index contributed by atoms with van der Waals surface area (Å²) in [5.74, 6) is 1.69. The Hall–Kier alpha value is 0.195. The molecule has 0 aliphatic carbocycles. The lowest BCUT2D eigenvalue weighted by atomic mass is 10.1. The summed E-state index contributed by atoms with van der Waals surface area (Å²) in [5, 5.41) is 0. The Bertz CT molecular complexity index is 57.8. The van der Waals surface area contributed by atoms with Crippen molar-refractivity contribution in [3.05, 3.63) is 0 Å². The van der Waals surface area contributed by atoms with Crippen molar-refractivity contribution in [1.82, 2.24) is 0 Å². The maximum absolute atomic E-state index is 8.48. The molecule has 0 aliphatic rings. The average molecular weight is 101 g/mol. The van der Waals surface area contributed by atoms with E-state index >= 15 is 0 Å². The summed E-state index contributed by atoms with van der Waals surface area (Å²) in [7, 11) is 4.18. The van der Waals surface area contributed by atoms with Gasteiger partial charge >= 0.3 is 0 Å². The average Bonchev–Trinajstić information content (AvgIpc) is 1.35. The molecule has 6 heavy (non-hydrogen) atoms. The first-order chi connectivity index (χ1) is 2.77. The molecule has 0 amide bonds. The summed E-state index contributed by atoms with van der Waals surface area (Å²) in [4.78, 5) is 8.48. The van der Waals surface area contributed by atoms with Crippen LogP contribution >= 0.6 is 7.77 Å². The van der Waals surface area contributed by atoms with Gasteiger partial charge in [0.1, 0.15) is 12.5 Å². The van der Waals surface area contributed by atoms with Crippen LogP contribution in [0, 0.1) is 0 Å². The second kappa shape index (κ2) is 3.39. The molecule has 0 aliphatic heterocycles. The molecule has 0 rings (SSSR count). The second-order valence-electron chi connectivity index (χ2n) is 0.992. The summed E-state index contributed by atoms with van der Waals surface area (Å²) in [5.41, 5.74) is 0. The molecule has 1 unspecified atom stereocenters. The number of hydrogen-bond acceptors (Lipinski definition) is 1. The third kappa shape index (κ3) is 4.19. The smallest absolute Gasteiger partial charge is 0.194 e. The maximum atomic E-state index is 8.48. The van der Waals surface area contributed by atoms with Gasteiger partial charge in [0.05, 0.1) is 7.85 Å². The van der Waals surface area contributed by atoms with Crippen LogP contribution in [0.4, 0.5) is 0 Å². The van der Waals surface area contributed by atoms with Gasteiger partial charge in [0.25, 0.3) is 0 Å². The van der Waals surface area contributed by atoms with Crippen molar-refractivity contribution in [3.8, 4) is 0 Å². The van der Waals surface area contributed by atoms with E-state index in [4.69, 9.17) is 12.7 Å². The Kier molecular flexibility index (Phi) is 3.50. The number of rotatable bonds is 1. The highest BCUT2D eigenvalue weighted by Gasteiger charge is 1.84. The molecule has 0 aromatic rings. The summed E-state index contributed by atoms with van der Waals surface area (Å²) >= 11 is 0. The molecular formula is C3H7BOP+. The van der Waals surface area contributed by atoms with E-state index in [0.29, 0.717) is 6.32 Å². The summed E-state index contributed by atoms with van der Waals surface area (Å²) < 4.78 is 0. The van der Waals surface area contributed by atoms with E-state index in [1.165, 1.54) is 0 Å². The molecule has 0 spiro atoms. The van der Waals surface area contributed by atoms with E-state index in [1.807, 2.05) is 0 Å². The van der Waals surface area contributed by atoms with Crippen molar-refractivity contribution < 1.29 is 4.89 Å². The van der Waals surface area contributed by atoms with Gasteiger partial charge in [-0.2, -0.15) is 4.89 Å². The molecule has 1 N–H and O–H groups in total. The van der Waals surface area contributed by atoms with Crippen LogP contribution in [-0.2, 0) is 0 Å². The Labute approximate surface area is 40.3 Å². The third-order valence-electron chi connectivity index (χ3n) is 0.370. The van der Waals surface area contributed by atoms with Crippen molar-refractivity contribution in [3.63, 3.8) is 0 Å². The number of hydrogen-bond donors (Lipinski definition) is 1. The molecule has 32 valence electrons. The van der Waals surface area contributed by atoms with Gasteiger partial charge in [-0.15, -0.1) is 0 Å². The van der Waals surface area contributed by atoms with Crippen LogP contribution in [0.1, 0.15) is 0 Å². The van der Waals surface area contributed by atoms with E-state index in [2.05, 4.69) is 0 Å². The van der Waals surface area contributed by atoms with Crippen molar-refractivity contribution in [2.75, 3.05) is 6.66 Å². The first-order valence-corrected chi connectivity index (χ1v) is 3.53. The lowest BCUT2D eigenvalue weighted by Gasteiger charge is -1.64. The highest BCUT2D eigenvalue weighted by atomic mass is 31.1. The van der Waals surface area contributed by atoms with Crippen molar-refractivity contribution in [2.24, 2.45) is 0 Å². The zero-order valence-electron chi connectivity index (χ0n) is 3.76. The fourth-order valence-corrected chi connectivity index (χ4v) is 0.458. The van der Waals surface area contributed by atoms with Crippen LogP contribution in [0.15, 0.2) is 0 Å². The maximum Gasteiger partial charge on any atom is 0.242 e. The van der Waals surface area contributed by atoms with Crippen molar-refractivity contribution in [1.29, 1.82) is 0 Å². The largest absolute Gasteiger partial charge is 0.242 e. The molecule has 0 bridgehead atoms. The monoisotopic (exact) mass is 101 g/mol. The van der Waals surface area contributed by atoms with Gasteiger partial charge in [-0.25, -0.2) is 0 Å². The predicted octanol–water partition coefficient (Wildman–Crippen LogP) is 0.394. The minimum atomic E-state index is -0.851. The van der Waals surface area contributed by atoms with E-state index in [0.717, 1.165) is 0 Å². The van der Waals surface area contributed by atoms with E-state index in [1.54, 1.807) is 12.5 Å². The SMILES string of the molecule is [B]CC=[P+](C)O. The molecule has 1 atom stereocenters. The summed E-state index contributed by atoms with van der Waals surface area (Å²) in [6.45, 7) is 1.74. The molecule has 0 aromatic heterocycles. The first-order valence-electron chi connectivity index (χ1n) is 1.72. The van der Waals surface area contributed by atoms with Gasteiger partial charge < -0.3 is 0 Å². The highest BCUT2D eigenvalue weighted by Crippen LogP contribution is 2.05. The summed E-state index contributed by atoms with van der Waals surface area (Å²) in [6.07, 6.45) is 0.485. The van der Waals surface area contributed by atoms with Gasteiger partial charge in [0.15, 0.2) is 0 Å². The zero-order valence-corrected chi connectivity index (χ0v) is 4.65. The standard InChI is InChI=1S/C3H7BOP/c1-6(5)3-2-4/h3,5H,2H2,1H3/q+1. The van der Waals surface area contributed by atoms with Gasteiger partial charge in [-0.3, -0.25) is 0 Å². The van der Waals surface area contributed by atoms with Crippen LogP contribution in [0.2, 0.25) is 6.32 Å². The topological polar surface area (TPSA) is 20.2 Å². The Morgan fingerprint density at radius 3 is 2.50 bits per heavy atom. The lowest BCUT2D eigenvalue weighted by molar-refractivity contribution is 0.648. The minimum absolute atomic E-state index is 0.485.